The number of carbonyl (C=O) groups excluding carboxylic acids is 1. The highest BCUT2D eigenvalue weighted by atomic mass is 32.2. The fraction of sp³-hybridized carbons (Fsp3) is 0.389. The quantitative estimate of drug-likeness (QED) is 0.481. The standard InChI is InChI=1S/C18H19N3O3S/c1-2-9-19-16(22)12-25-18-20-15-8-4-3-7-14(15)17(23)21(18)11-13-6-5-10-24-13/h1,3-4,7-8,13H,5-6,9-12H2,(H,19,22)/t13-/m1/s1. The molecule has 0 unspecified atom stereocenters. The molecule has 130 valence electrons. The van der Waals surface area contributed by atoms with Crippen LogP contribution in [-0.2, 0) is 16.1 Å². The Balaban J connectivity index is 1.89. The summed E-state index contributed by atoms with van der Waals surface area (Å²) in [7, 11) is 0. The number of aromatic nitrogens is 2. The zero-order valence-electron chi connectivity index (χ0n) is 13.7. The molecule has 0 spiro atoms. The fourth-order valence-electron chi connectivity index (χ4n) is 2.74. The van der Waals surface area contributed by atoms with Crippen molar-refractivity contribution >= 4 is 28.6 Å². The van der Waals surface area contributed by atoms with Crippen molar-refractivity contribution < 1.29 is 9.53 Å². The second kappa shape index (κ2) is 8.19. The molecule has 1 atom stereocenters. The molecule has 1 saturated heterocycles. The van der Waals surface area contributed by atoms with Crippen LogP contribution in [0.2, 0.25) is 0 Å². The Labute approximate surface area is 150 Å². The second-order valence-corrected chi connectivity index (χ2v) is 6.67. The summed E-state index contributed by atoms with van der Waals surface area (Å²) in [5, 5.41) is 3.71. The minimum absolute atomic E-state index is 0.00952. The van der Waals surface area contributed by atoms with Crippen LogP contribution in [0.25, 0.3) is 10.9 Å². The first-order valence-corrected chi connectivity index (χ1v) is 9.11. The fourth-order valence-corrected chi connectivity index (χ4v) is 3.58. The summed E-state index contributed by atoms with van der Waals surface area (Å²) in [6.45, 7) is 1.36. The molecule has 3 rings (SSSR count). The predicted octanol–water partition coefficient (Wildman–Crippen LogP) is 1.42. The van der Waals surface area contributed by atoms with Crippen LogP contribution in [-0.4, -0.2) is 40.5 Å². The van der Waals surface area contributed by atoms with Gasteiger partial charge in [0, 0.05) is 6.61 Å². The van der Waals surface area contributed by atoms with Crippen molar-refractivity contribution in [2.45, 2.75) is 30.6 Å². The highest BCUT2D eigenvalue weighted by Gasteiger charge is 2.20. The summed E-state index contributed by atoms with van der Waals surface area (Å²) >= 11 is 1.23. The second-order valence-electron chi connectivity index (χ2n) is 5.73. The first-order valence-electron chi connectivity index (χ1n) is 8.13. The number of nitrogens with one attached hydrogen (secondary N) is 1. The van der Waals surface area contributed by atoms with Gasteiger partial charge < -0.3 is 10.1 Å². The molecule has 1 aromatic carbocycles. The molecular weight excluding hydrogens is 338 g/mol. The van der Waals surface area contributed by atoms with Crippen LogP contribution >= 0.6 is 11.8 Å². The lowest BCUT2D eigenvalue weighted by molar-refractivity contribution is -0.118. The van der Waals surface area contributed by atoms with Gasteiger partial charge in [-0.3, -0.25) is 14.2 Å². The molecule has 1 aliphatic rings. The van der Waals surface area contributed by atoms with E-state index in [1.165, 1.54) is 11.8 Å². The van der Waals surface area contributed by atoms with E-state index in [9.17, 15) is 9.59 Å². The van der Waals surface area contributed by atoms with Crippen LogP contribution < -0.4 is 10.9 Å². The minimum atomic E-state index is -0.186. The summed E-state index contributed by atoms with van der Waals surface area (Å²) in [4.78, 5) is 29.3. The van der Waals surface area contributed by atoms with Gasteiger partial charge in [0.05, 0.1) is 35.8 Å². The monoisotopic (exact) mass is 357 g/mol. The molecule has 0 radical (unpaired) electrons. The molecule has 1 fully saturated rings. The SMILES string of the molecule is C#CCNC(=O)CSc1nc2ccccc2c(=O)n1C[C@H]1CCCO1. The zero-order chi connectivity index (χ0) is 17.6. The van der Waals surface area contributed by atoms with Gasteiger partial charge in [-0.25, -0.2) is 4.98 Å². The van der Waals surface area contributed by atoms with Crippen LogP contribution in [0, 0.1) is 12.3 Å². The number of fused-ring (bicyclic) bond motifs is 1. The molecule has 7 heteroatoms. The molecule has 1 aliphatic heterocycles. The molecule has 0 aliphatic carbocycles. The van der Waals surface area contributed by atoms with E-state index in [0.29, 0.717) is 22.6 Å². The Bertz CT molecular complexity index is 866. The summed E-state index contributed by atoms with van der Waals surface area (Å²) in [5.41, 5.74) is 0.523. The van der Waals surface area contributed by atoms with Gasteiger partial charge in [-0.1, -0.05) is 29.8 Å². The van der Waals surface area contributed by atoms with Crippen molar-refractivity contribution in [1.29, 1.82) is 0 Å². The van der Waals surface area contributed by atoms with Crippen molar-refractivity contribution in [1.82, 2.24) is 14.9 Å². The highest BCUT2D eigenvalue weighted by Crippen LogP contribution is 2.20. The molecule has 1 aromatic heterocycles. The lowest BCUT2D eigenvalue weighted by atomic mass is 10.2. The smallest absolute Gasteiger partial charge is 0.262 e. The molecule has 0 saturated carbocycles. The predicted molar refractivity (Wildman–Crippen MR) is 97.5 cm³/mol. The number of thioether (sulfide) groups is 1. The molecule has 2 aromatic rings. The van der Waals surface area contributed by atoms with Gasteiger partial charge in [0.1, 0.15) is 0 Å². The lowest BCUT2D eigenvalue weighted by Crippen LogP contribution is -2.30. The maximum atomic E-state index is 12.9. The van der Waals surface area contributed by atoms with Crippen molar-refractivity contribution in [3.63, 3.8) is 0 Å². The highest BCUT2D eigenvalue weighted by molar-refractivity contribution is 7.99. The number of rotatable bonds is 6. The summed E-state index contributed by atoms with van der Waals surface area (Å²) in [6.07, 6.45) is 7.07. The van der Waals surface area contributed by atoms with Gasteiger partial charge in [-0.2, -0.15) is 0 Å². The van der Waals surface area contributed by atoms with Gasteiger partial charge in [0.15, 0.2) is 5.16 Å². The average molecular weight is 357 g/mol. The zero-order valence-corrected chi connectivity index (χ0v) is 14.6. The first kappa shape index (κ1) is 17.5. The van der Waals surface area contributed by atoms with Crippen LogP contribution in [0.5, 0.6) is 0 Å². The third-order valence-electron chi connectivity index (χ3n) is 3.96. The number of ether oxygens (including phenoxy) is 1. The maximum Gasteiger partial charge on any atom is 0.262 e. The van der Waals surface area contributed by atoms with Gasteiger partial charge in [-0.15, -0.1) is 6.42 Å². The first-order chi connectivity index (χ1) is 12.2. The number of para-hydroxylation sites is 1. The van der Waals surface area contributed by atoms with E-state index in [-0.39, 0.29) is 29.9 Å². The Hall–Kier alpha value is -2.30. The Kier molecular flexibility index (Phi) is 5.74. The Morgan fingerprint density at radius 3 is 3.08 bits per heavy atom. The van der Waals surface area contributed by atoms with E-state index in [2.05, 4.69) is 16.2 Å². The number of carbonyl (C=O) groups is 1. The van der Waals surface area contributed by atoms with Gasteiger partial charge in [0.2, 0.25) is 5.91 Å². The third kappa shape index (κ3) is 4.21. The van der Waals surface area contributed by atoms with Crippen LogP contribution in [0.15, 0.2) is 34.2 Å². The molecule has 0 bridgehead atoms. The normalized spacial score (nSPS) is 16.7. The maximum absolute atomic E-state index is 12.9. The van der Waals surface area contributed by atoms with Gasteiger partial charge in [-0.05, 0) is 25.0 Å². The van der Waals surface area contributed by atoms with Crippen molar-refractivity contribution in [3.05, 3.63) is 34.6 Å². The third-order valence-corrected chi connectivity index (χ3v) is 4.93. The van der Waals surface area contributed by atoms with E-state index in [4.69, 9.17) is 11.2 Å². The van der Waals surface area contributed by atoms with E-state index >= 15 is 0 Å². The topological polar surface area (TPSA) is 73.2 Å². The number of benzene rings is 1. The van der Waals surface area contributed by atoms with E-state index in [0.717, 1.165) is 19.4 Å². The van der Waals surface area contributed by atoms with E-state index in [1.54, 1.807) is 16.7 Å². The molecule has 25 heavy (non-hydrogen) atoms. The van der Waals surface area contributed by atoms with Gasteiger partial charge >= 0.3 is 0 Å². The Morgan fingerprint density at radius 2 is 2.32 bits per heavy atom. The number of amides is 1. The largest absolute Gasteiger partial charge is 0.376 e. The summed E-state index contributed by atoms with van der Waals surface area (Å²) < 4.78 is 7.28. The van der Waals surface area contributed by atoms with Crippen molar-refractivity contribution in [3.8, 4) is 12.3 Å². The van der Waals surface area contributed by atoms with E-state index in [1.807, 2.05) is 12.1 Å². The van der Waals surface area contributed by atoms with Crippen LogP contribution in [0.3, 0.4) is 0 Å². The molecule has 2 heterocycles. The number of nitrogens with zero attached hydrogens (tertiary/aromatic N) is 2. The Morgan fingerprint density at radius 1 is 1.48 bits per heavy atom. The molecule has 6 nitrogen and oxygen atoms in total. The lowest BCUT2D eigenvalue weighted by Gasteiger charge is -2.16. The summed E-state index contributed by atoms with van der Waals surface area (Å²) in [5.74, 6) is 2.33. The van der Waals surface area contributed by atoms with Gasteiger partial charge in [0.25, 0.3) is 5.56 Å². The molecular formula is C18H19N3O3S. The summed E-state index contributed by atoms with van der Waals surface area (Å²) in [6, 6.07) is 7.23. The minimum Gasteiger partial charge on any atom is -0.376 e. The number of hydrogen-bond donors (Lipinski definition) is 1. The van der Waals surface area contributed by atoms with Crippen molar-refractivity contribution in [2.24, 2.45) is 0 Å². The number of hydrogen-bond acceptors (Lipinski definition) is 5. The number of terminal acetylenes is 1. The molecule has 1 amide bonds. The average Bonchev–Trinajstić information content (AvgIpc) is 3.14. The van der Waals surface area contributed by atoms with E-state index < -0.39 is 0 Å². The van der Waals surface area contributed by atoms with Crippen LogP contribution in [0.4, 0.5) is 0 Å². The molecule has 1 N–H and O–H groups in total. The van der Waals surface area contributed by atoms with Crippen molar-refractivity contribution in [2.75, 3.05) is 18.9 Å². The van der Waals surface area contributed by atoms with Crippen LogP contribution in [0.1, 0.15) is 12.8 Å².